The van der Waals surface area contributed by atoms with Gasteiger partial charge in [-0.1, -0.05) is 34.1 Å². The SMILES string of the molecule is CC1CCN(C(=O)CCCCCN2C(=O)CC(C(C)(C)C)C2=O)C1. The average molecular weight is 336 g/mol. The van der Waals surface area contributed by atoms with Crippen LogP contribution in [0.25, 0.3) is 0 Å². The summed E-state index contributed by atoms with van der Waals surface area (Å²) < 4.78 is 0. The Bertz CT molecular complexity index is 495. The van der Waals surface area contributed by atoms with Crippen molar-refractivity contribution >= 4 is 17.7 Å². The van der Waals surface area contributed by atoms with Crippen molar-refractivity contribution in [1.82, 2.24) is 9.80 Å². The first-order valence-corrected chi connectivity index (χ1v) is 9.32. The van der Waals surface area contributed by atoms with Gasteiger partial charge >= 0.3 is 0 Å². The van der Waals surface area contributed by atoms with Crippen LogP contribution in [0.2, 0.25) is 0 Å². The molecule has 0 aromatic heterocycles. The molecule has 2 rings (SSSR count). The van der Waals surface area contributed by atoms with Crippen LogP contribution in [-0.2, 0) is 14.4 Å². The monoisotopic (exact) mass is 336 g/mol. The van der Waals surface area contributed by atoms with Crippen LogP contribution in [0.15, 0.2) is 0 Å². The van der Waals surface area contributed by atoms with Crippen molar-refractivity contribution in [2.45, 2.75) is 66.2 Å². The number of imide groups is 1. The molecule has 0 spiro atoms. The smallest absolute Gasteiger partial charge is 0.233 e. The van der Waals surface area contributed by atoms with Crippen molar-refractivity contribution < 1.29 is 14.4 Å². The summed E-state index contributed by atoms with van der Waals surface area (Å²) in [4.78, 5) is 39.9. The summed E-state index contributed by atoms with van der Waals surface area (Å²) in [6.45, 7) is 10.5. The molecule has 2 atom stereocenters. The number of carbonyl (C=O) groups excluding carboxylic acids is 3. The van der Waals surface area contributed by atoms with Gasteiger partial charge in [0.2, 0.25) is 17.7 Å². The standard InChI is InChI=1S/C19H32N2O3/c1-14-9-11-20(13-14)16(22)8-6-5-7-10-21-17(23)12-15(18(21)24)19(2,3)4/h14-15H,5-13H2,1-4H3. The normalized spacial score (nSPS) is 25.0. The van der Waals surface area contributed by atoms with E-state index in [1.807, 2.05) is 25.7 Å². The van der Waals surface area contributed by atoms with Gasteiger partial charge < -0.3 is 4.90 Å². The van der Waals surface area contributed by atoms with Gasteiger partial charge in [-0.05, 0) is 30.6 Å². The van der Waals surface area contributed by atoms with E-state index < -0.39 is 0 Å². The lowest BCUT2D eigenvalue weighted by atomic mass is 9.80. The predicted molar refractivity (Wildman–Crippen MR) is 93.1 cm³/mol. The second kappa shape index (κ2) is 7.66. The lowest BCUT2D eigenvalue weighted by molar-refractivity contribution is -0.140. The molecule has 5 heteroatoms. The first-order chi connectivity index (χ1) is 11.2. The molecule has 5 nitrogen and oxygen atoms in total. The molecule has 0 saturated carbocycles. The van der Waals surface area contributed by atoms with E-state index in [0.29, 0.717) is 25.3 Å². The zero-order valence-corrected chi connectivity index (χ0v) is 15.6. The summed E-state index contributed by atoms with van der Waals surface area (Å²) in [7, 11) is 0. The Morgan fingerprint density at radius 2 is 1.88 bits per heavy atom. The van der Waals surface area contributed by atoms with Crippen molar-refractivity contribution in [2.75, 3.05) is 19.6 Å². The van der Waals surface area contributed by atoms with Crippen LogP contribution < -0.4 is 0 Å². The Kier molecular flexibility index (Phi) is 6.05. The molecule has 3 amide bonds. The molecule has 2 aliphatic rings. The quantitative estimate of drug-likeness (QED) is 0.553. The van der Waals surface area contributed by atoms with Gasteiger partial charge in [-0.15, -0.1) is 0 Å². The van der Waals surface area contributed by atoms with E-state index in [0.717, 1.165) is 38.8 Å². The van der Waals surface area contributed by atoms with Gasteiger partial charge in [0.15, 0.2) is 0 Å². The maximum absolute atomic E-state index is 12.4. The number of unbranched alkanes of at least 4 members (excludes halogenated alkanes) is 2. The van der Waals surface area contributed by atoms with Gasteiger partial charge in [-0.3, -0.25) is 19.3 Å². The minimum Gasteiger partial charge on any atom is -0.342 e. The van der Waals surface area contributed by atoms with Gasteiger partial charge in [0, 0.05) is 32.5 Å². The number of amides is 3. The molecular formula is C19H32N2O3. The Labute approximate surface area is 145 Å². The largest absolute Gasteiger partial charge is 0.342 e. The fraction of sp³-hybridized carbons (Fsp3) is 0.842. The van der Waals surface area contributed by atoms with E-state index in [9.17, 15) is 14.4 Å². The first-order valence-electron chi connectivity index (χ1n) is 9.32. The molecule has 2 unspecified atom stereocenters. The Morgan fingerprint density at radius 3 is 2.42 bits per heavy atom. The second-order valence-corrected chi connectivity index (χ2v) is 8.55. The van der Waals surface area contributed by atoms with E-state index >= 15 is 0 Å². The molecule has 2 heterocycles. The molecule has 136 valence electrons. The molecular weight excluding hydrogens is 304 g/mol. The predicted octanol–water partition coefficient (Wildman–Crippen LogP) is 2.84. The van der Waals surface area contributed by atoms with E-state index in [2.05, 4.69) is 6.92 Å². The molecule has 0 aliphatic carbocycles. The number of likely N-dealkylation sites (tertiary alicyclic amines) is 2. The number of nitrogens with zero attached hydrogens (tertiary/aromatic N) is 2. The highest BCUT2D eigenvalue weighted by Gasteiger charge is 2.44. The van der Waals surface area contributed by atoms with Crippen molar-refractivity contribution in [3.05, 3.63) is 0 Å². The molecule has 0 N–H and O–H groups in total. The first kappa shape index (κ1) is 18.9. The third-order valence-corrected chi connectivity index (χ3v) is 5.34. The molecule has 24 heavy (non-hydrogen) atoms. The summed E-state index contributed by atoms with van der Waals surface area (Å²) in [6.07, 6.45) is 4.54. The molecule has 0 aromatic rings. The van der Waals surface area contributed by atoms with Crippen molar-refractivity contribution in [3.8, 4) is 0 Å². The molecule has 0 radical (unpaired) electrons. The van der Waals surface area contributed by atoms with Crippen LogP contribution in [-0.4, -0.2) is 47.2 Å². The summed E-state index contributed by atoms with van der Waals surface area (Å²) in [5, 5.41) is 0. The third kappa shape index (κ3) is 4.58. The van der Waals surface area contributed by atoms with E-state index in [-0.39, 0.29) is 29.1 Å². The number of hydrogen-bond acceptors (Lipinski definition) is 3. The number of hydrogen-bond donors (Lipinski definition) is 0. The zero-order chi connectivity index (χ0) is 17.9. The Balaban J connectivity index is 1.66. The molecule has 0 aromatic carbocycles. The highest BCUT2D eigenvalue weighted by atomic mass is 16.2. The van der Waals surface area contributed by atoms with Crippen LogP contribution >= 0.6 is 0 Å². The molecule has 2 saturated heterocycles. The van der Waals surface area contributed by atoms with E-state index in [4.69, 9.17) is 0 Å². The van der Waals surface area contributed by atoms with Crippen LogP contribution in [0.5, 0.6) is 0 Å². The van der Waals surface area contributed by atoms with Crippen molar-refractivity contribution in [3.63, 3.8) is 0 Å². The van der Waals surface area contributed by atoms with Gasteiger partial charge in [0.05, 0.1) is 5.92 Å². The van der Waals surface area contributed by atoms with Crippen LogP contribution in [0.3, 0.4) is 0 Å². The molecule has 2 fully saturated rings. The number of carbonyl (C=O) groups is 3. The van der Waals surface area contributed by atoms with Gasteiger partial charge in [-0.25, -0.2) is 0 Å². The van der Waals surface area contributed by atoms with Gasteiger partial charge in [-0.2, -0.15) is 0 Å². The minimum absolute atomic E-state index is 0.0189. The van der Waals surface area contributed by atoms with Gasteiger partial charge in [0.1, 0.15) is 0 Å². The van der Waals surface area contributed by atoms with Gasteiger partial charge in [0.25, 0.3) is 0 Å². The Hall–Kier alpha value is -1.39. The van der Waals surface area contributed by atoms with Crippen molar-refractivity contribution in [2.24, 2.45) is 17.3 Å². The maximum Gasteiger partial charge on any atom is 0.233 e. The summed E-state index contributed by atoms with van der Waals surface area (Å²) in [6, 6.07) is 0. The highest BCUT2D eigenvalue weighted by Crippen LogP contribution is 2.35. The number of rotatable bonds is 6. The maximum atomic E-state index is 12.4. The van der Waals surface area contributed by atoms with Crippen LogP contribution in [0.4, 0.5) is 0 Å². The average Bonchev–Trinajstić information content (AvgIpc) is 3.03. The zero-order valence-electron chi connectivity index (χ0n) is 15.6. The molecule has 0 bridgehead atoms. The Morgan fingerprint density at radius 1 is 1.17 bits per heavy atom. The van der Waals surface area contributed by atoms with Crippen LogP contribution in [0, 0.1) is 17.3 Å². The fourth-order valence-corrected chi connectivity index (χ4v) is 3.64. The lowest BCUT2D eigenvalue weighted by Crippen LogP contribution is -2.34. The fourth-order valence-electron chi connectivity index (χ4n) is 3.64. The van der Waals surface area contributed by atoms with Crippen molar-refractivity contribution in [1.29, 1.82) is 0 Å². The third-order valence-electron chi connectivity index (χ3n) is 5.34. The second-order valence-electron chi connectivity index (χ2n) is 8.55. The molecule has 2 aliphatic heterocycles. The van der Waals surface area contributed by atoms with Crippen LogP contribution in [0.1, 0.15) is 66.2 Å². The highest BCUT2D eigenvalue weighted by molar-refractivity contribution is 6.03. The summed E-state index contributed by atoms with van der Waals surface area (Å²) in [5.74, 6) is 0.623. The van der Waals surface area contributed by atoms with E-state index in [1.165, 1.54) is 4.90 Å². The lowest BCUT2D eigenvalue weighted by Gasteiger charge is -2.24. The van der Waals surface area contributed by atoms with E-state index in [1.54, 1.807) is 0 Å². The summed E-state index contributed by atoms with van der Waals surface area (Å²) in [5.41, 5.74) is -0.166. The summed E-state index contributed by atoms with van der Waals surface area (Å²) >= 11 is 0. The topological polar surface area (TPSA) is 57.7 Å². The minimum atomic E-state index is -0.191.